The van der Waals surface area contributed by atoms with Gasteiger partial charge in [-0.15, -0.1) is 0 Å². The molecule has 1 unspecified atom stereocenters. The number of ketones is 1. The van der Waals surface area contributed by atoms with Crippen molar-refractivity contribution in [1.29, 1.82) is 0 Å². The Morgan fingerprint density at radius 1 is 1.11 bits per heavy atom. The average Bonchev–Trinajstić information content (AvgIpc) is 2.47. The van der Waals surface area contributed by atoms with Crippen molar-refractivity contribution in [2.24, 2.45) is 0 Å². The molecule has 0 amide bonds. The molecule has 2 aromatic carbocycles. The summed E-state index contributed by atoms with van der Waals surface area (Å²) in [4.78, 5) is 12.6. The Morgan fingerprint density at radius 2 is 1.89 bits per heavy atom. The summed E-state index contributed by atoms with van der Waals surface area (Å²) in [5.74, 6) is 0.109. The van der Waals surface area contributed by atoms with Gasteiger partial charge in [0.1, 0.15) is 5.60 Å². The van der Waals surface area contributed by atoms with E-state index in [1.54, 1.807) is 0 Å². The summed E-state index contributed by atoms with van der Waals surface area (Å²) in [6.07, 6.45) is 2.94. The third-order valence-corrected chi connectivity index (χ3v) is 3.96. The van der Waals surface area contributed by atoms with E-state index in [9.17, 15) is 4.79 Å². The molecule has 0 spiro atoms. The van der Waals surface area contributed by atoms with Crippen molar-refractivity contribution in [3.63, 3.8) is 0 Å². The molecule has 0 aliphatic carbocycles. The SMILES string of the molecule is CC1(C(=O)c2ccc3ccccc3c2)CCCCO1. The van der Waals surface area contributed by atoms with E-state index in [2.05, 4.69) is 6.07 Å². The second kappa shape index (κ2) is 4.78. The van der Waals surface area contributed by atoms with Crippen LogP contribution in [0.3, 0.4) is 0 Å². The van der Waals surface area contributed by atoms with Gasteiger partial charge in [-0.1, -0.05) is 36.4 Å². The summed E-state index contributed by atoms with van der Waals surface area (Å²) < 4.78 is 5.74. The zero-order valence-electron chi connectivity index (χ0n) is 11.2. The lowest BCUT2D eigenvalue weighted by Gasteiger charge is -2.32. The number of benzene rings is 2. The zero-order chi connectivity index (χ0) is 13.3. The fourth-order valence-corrected chi connectivity index (χ4v) is 2.75. The van der Waals surface area contributed by atoms with Crippen molar-refractivity contribution in [2.75, 3.05) is 6.61 Å². The maximum absolute atomic E-state index is 12.6. The molecule has 3 rings (SSSR count). The van der Waals surface area contributed by atoms with Crippen LogP contribution in [0.5, 0.6) is 0 Å². The lowest BCUT2D eigenvalue weighted by Crippen LogP contribution is -2.41. The lowest BCUT2D eigenvalue weighted by molar-refractivity contribution is -0.0426. The molecule has 1 heterocycles. The molecular weight excluding hydrogens is 236 g/mol. The lowest BCUT2D eigenvalue weighted by atomic mass is 9.87. The first kappa shape index (κ1) is 12.4. The minimum absolute atomic E-state index is 0.109. The third-order valence-electron chi connectivity index (χ3n) is 3.96. The standard InChI is InChI=1S/C17H18O2/c1-17(10-4-5-11-19-17)16(18)15-9-8-13-6-2-3-7-14(13)12-15/h2-3,6-9,12H,4-5,10-11H2,1H3. The van der Waals surface area contributed by atoms with Crippen molar-refractivity contribution < 1.29 is 9.53 Å². The number of fused-ring (bicyclic) bond motifs is 1. The Balaban J connectivity index is 1.97. The Kier molecular flexibility index (Phi) is 3.11. The topological polar surface area (TPSA) is 26.3 Å². The van der Waals surface area contributed by atoms with Gasteiger partial charge in [0.2, 0.25) is 0 Å². The van der Waals surface area contributed by atoms with Gasteiger partial charge in [0.05, 0.1) is 0 Å². The molecule has 2 nitrogen and oxygen atoms in total. The molecule has 0 aromatic heterocycles. The van der Waals surface area contributed by atoms with Crippen molar-refractivity contribution in [3.05, 3.63) is 48.0 Å². The number of Topliss-reactive ketones (excluding diaryl/α,β-unsaturated/α-hetero) is 1. The maximum atomic E-state index is 12.6. The summed E-state index contributed by atoms with van der Waals surface area (Å²) in [5, 5.41) is 2.27. The molecule has 2 heteroatoms. The van der Waals surface area contributed by atoms with Gasteiger partial charge in [-0.25, -0.2) is 0 Å². The van der Waals surface area contributed by atoms with Crippen LogP contribution in [0, 0.1) is 0 Å². The fraction of sp³-hybridized carbons (Fsp3) is 0.353. The summed E-state index contributed by atoms with van der Waals surface area (Å²) in [6, 6.07) is 14.0. The highest BCUT2D eigenvalue weighted by Gasteiger charge is 2.36. The second-order valence-electron chi connectivity index (χ2n) is 5.43. The Hall–Kier alpha value is -1.67. The van der Waals surface area contributed by atoms with Crippen LogP contribution in [0.15, 0.2) is 42.5 Å². The quantitative estimate of drug-likeness (QED) is 0.758. The van der Waals surface area contributed by atoms with Crippen LogP contribution in [0.4, 0.5) is 0 Å². The molecule has 1 fully saturated rings. The van der Waals surface area contributed by atoms with Gasteiger partial charge in [-0.3, -0.25) is 4.79 Å². The molecule has 19 heavy (non-hydrogen) atoms. The van der Waals surface area contributed by atoms with Crippen LogP contribution in [0.1, 0.15) is 36.5 Å². The van der Waals surface area contributed by atoms with E-state index < -0.39 is 5.60 Å². The van der Waals surface area contributed by atoms with Crippen LogP contribution in [0.25, 0.3) is 10.8 Å². The minimum atomic E-state index is -0.638. The van der Waals surface area contributed by atoms with E-state index in [0.717, 1.165) is 35.6 Å². The number of ether oxygens (including phenoxy) is 1. The Labute approximate surface area is 113 Å². The van der Waals surface area contributed by atoms with Gasteiger partial charge in [0.15, 0.2) is 5.78 Å². The van der Waals surface area contributed by atoms with Crippen LogP contribution in [-0.2, 0) is 4.74 Å². The molecule has 1 saturated heterocycles. The largest absolute Gasteiger partial charge is 0.367 e. The normalized spacial score (nSPS) is 23.4. The third kappa shape index (κ3) is 2.28. The van der Waals surface area contributed by atoms with E-state index in [1.807, 2.05) is 43.3 Å². The first-order valence-electron chi connectivity index (χ1n) is 6.87. The molecule has 1 aliphatic heterocycles. The molecule has 2 aromatic rings. The van der Waals surface area contributed by atoms with Crippen molar-refractivity contribution in [1.82, 2.24) is 0 Å². The first-order valence-corrected chi connectivity index (χ1v) is 6.87. The highest BCUT2D eigenvalue weighted by atomic mass is 16.5. The summed E-state index contributed by atoms with van der Waals surface area (Å²) >= 11 is 0. The molecule has 0 saturated carbocycles. The van der Waals surface area contributed by atoms with E-state index in [4.69, 9.17) is 4.74 Å². The average molecular weight is 254 g/mol. The number of carbonyl (C=O) groups is 1. The van der Waals surface area contributed by atoms with Crippen molar-refractivity contribution in [3.8, 4) is 0 Å². The highest BCUT2D eigenvalue weighted by molar-refractivity contribution is 6.04. The number of hydrogen-bond acceptors (Lipinski definition) is 2. The molecule has 1 atom stereocenters. The summed E-state index contributed by atoms with van der Waals surface area (Å²) in [6.45, 7) is 2.61. The molecule has 1 aliphatic rings. The van der Waals surface area contributed by atoms with Gasteiger partial charge in [-0.05, 0) is 43.0 Å². The van der Waals surface area contributed by atoms with Gasteiger partial charge in [0, 0.05) is 12.2 Å². The summed E-state index contributed by atoms with van der Waals surface area (Å²) in [7, 11) is 0. The predicted molar refractivity (Wildman–Crippen MR) is 76.5 cm³/mol. The smallest absolute Gasteiger partial charge is 0.194 e. The van der Waals surface area contributed by atoms with Gasteiger partial charge < -0.3 is 4.74 Å². The highest BCUT2D eigenvalue weighted by Crippen LogP contribution is 2.29. The Bertz CT molecular complexity index is 609. The van der Waals surface area contributed by atoms with Crippen LogP contribution < -0.4 is 0 Å². The monoisotopic (exact) mass is 254 g/mol. The molecule has 0 N–H and O–H groups in total. The van der Waals surface area contributed by atoms with Crippen LogP contribution in [-0.4, -0.2) is 18.0 Å². The maximum Gasteiger partial charge on any atom is 0.194 e. The van der Waals surface area contributed by atoms with Crippen LogP contribution >= 0.6 is 0 Å². The van der Waals surface area contributed by atoms with E-state index in [1.165, 1.54) is 0 Å². The minimum Gasteiger partial charge on any atom is -0.367 e. The van der Waals surface area contributed by atoms with Crippen molar-refractivity contribution in [2.45, 2.75) is 31.8 Å². The zero-order valence-corrected chi connectivity index (χ0v) is 11.2. The van der Waals surface area contributed by atoms with E-state index >= 15 is 0 Å². The number of rotatable bonds is 2. The second-order valence-corrected chi connectivity index (χ2v) is 5.43. The van der Waals surface area contributed by atoms with Gasteiger partial charge in [-0.2, -0.15) is 0 Å². The number of carbonyl (C=O) groups excluding carboxylic acids is 1. The molecular formula is C17H18O2. The fourth-order valence-electron chi connectivity index (χ4n) is 2.75. The summed E-state index contributed by atoms with van der Waals surface area (Å²) in [5.41, 5.74) is 0.115. The molecule has 0 bridgehead atoms. The predicted octanol–water partition coefficient (Wildman–Crippen LogP) is 3.98. The number of hydrogen-bond donors (Lipinski definition) is 0. The van der Waals surface area contributed by atoms with Crippen molar-refractivity contribution >= 4 is 16.6 Å². The first-order chi connectivity index (χ1) is 9.19. The molecule has 0 radical (unpaired) electrons. The van der Waals surface area contributed by atoms with Crippen LogP contribution in [0.2, 0.25) is 0 Å². The Morgan fingerprint density at radius 3 is 2.63 bits per heavy atom. The van der Waals surface area contributed by atoms with E-state index in [-0.39, 0.29) is 5.78 Å². The van der Waals surface area contributed by atoms with Gasteiger partial charge in [0.25, 0.3) is 0 Å². The van der Waals surface area contributed by atoms with E-state index in [0.29, 0.717) is 6.61 Å². The molecule has 98 valence electrons. The van der Waals surface area contributed by atoms with Gasteiger partial charge >= 0.3 is 0 Å².